The van der Waals surface area contributed by atoms with E-state index in [0.29, 0.717) is 0 Å². The lowest BCUT2D eigenvalue weighted by atomic mass is 10.1. The van der Waals surface area contributed by atoms with E-state index in [1.165, 1.54) is 76.0 Å². The quantitative estimate of drug-likeness (QED) is 0.820. The molecular formula is C18H26N2. The molecule has 1 aromatic rings. The third kappa shape index (κ3) is 3.36. The molecule has 0 radical (unpaired) electrons. The molecule has 2 nitrogen and oxygen atoms in total. The smallest absolute Gasteiger partial charge is 0.0601 e. The molecule has 0 saturated carbocycles. The molecule has 2 aliphatic heterocycles. The number of nitrogens with zero attached hydrogens (tertiary/aromatic N) is 2. The number of benzene rings is 1. The number of likely N-dealkylation sites (tertiary alicyclic amines) is 2. The average Bonchev–Trinajstić information content (AvgIpc) is 2.55. The van der Waals surface area contributed by atoms with Gasteiger partial charge in [-0.15, -0.1) is 0 Å². The van der Waals surface area contributed by atoms with Crippen LogP contribution >= 0.6 is 0 Å². The van der Waals surface area contributed by atoms with Gasteiger partial charge in [0.25, 0.3) is 0 Å². The van der Waals surface area contributed by atoms with Gasteiger partial charge in [0.05, 0.1) is 5.70 Å². The molecule has 1 aromatic carbocycles. The Morgan fingerprint density at radius 1 is 0.750 bits per heavy atom. The molecule has 0 aromatic heterocycles. The molecule has 0 unspecified atom stereocenters. The molecule has 108 valence electrons. The molecule has 2 aliphatic rings. The van der Waals surface area contributed by atoms with Crippen molar-refractivity contribution in [1.82, 2.24) is 9.80 Å². The first kappa shape index (κ1) is 13.5. The topological polar surface area (TPSA) is 6.48 Å². The minimum Gasteiger partial charge on any atom is -0.376 e. The molecule has 0 aliphatic carbocycles. The van der Waals surface area contributed by atoms with Crippen molar-refractivity contribution in [2.75, 3.05) is 26.2 Å². The van der Waals surface area contributed by atoms with E-state index in [4.69, 9.17) is 0 Å². The second kappa shape index (κ2) is 6.83. The first-order valence-electron chi connectivity index (χ1n) is 8.20. The highest BCUT2D eigenvalue weighted by molar-refractivity contribution is 5.63. The highest BCUT2D eigenvalue weighted by atomic mass is 15.2. The fraction of sp³-hybridized carbons (Fsp3) is 0.556. The summed E-state index contributed by atoms with van der Waals surface area (Å²) >= 11 is 0. The van der Waals surface area contributed by atoms with Crippen LogP contribution in [-0.4, -0.2) is 36.0 Å². The van der Waals surface area contributed by atoms with Crippen LogP contribution in [-0.2, 0) is 0 Å². The zero-order valence-corrected chi connectivity index (χ0v) is 12.4. The summed E-state index contributed by atoms with van der Waals surface area (Å²) in [4.78, 5) is 5.12. The number of hydrogen-bond donors (Lipinski definition) is 0. The van der Waals surface area contributed by atoms with Crippen molar-refractivity contribution < 1.29 is 0 Å². The summed E-state index contributed by atoms with van der Waals surface area (Å²) in [5.74, 6) is 0. The molecule has 0 amide bonds. The zero-order valence-electron chi connectivity index (χ0n) is 12.4. The molecule has 2 heteroatoms. The molecule has 0 N–H and O–H groups in total. The minimum atomic E-state index is 1.22. The number of rotatable bonds is 3. The van der Waals surface area contributed by atoms with E-state index in [1.54, 1.807) is 0 Å². The Morgan fingerprint density at radius 2 is 1.35 bits per heavy atom. The van der Waals surface area contributed by atoms with Gasteiger partial charge in [-0.05, 0) is 44.1 Å². The van der Waals surface area contributed by atoms with Crippen LogP contribution in [0, 0.1) is 0 Å². The van der Waals surface area contributed by atoms with Gasteiger partial charge in [0.1, 0.15) is 0 Å². The van der Waals surface area contributed by atoms with Crippen molar-refractivity contribution in [3.63, 3.8) is 0 Å². The van der Waals surface area contributed by atoms with Crippen LogP contribution in [0.3, 0.4) is 0 Å². The van der Waals surface area contributed by atoms with Crippen molar-refractivity contribution in [2.24, 2.45) is 0 Å². The summed E-state index contributed by atoms with van der Waals surface area (Å²) in [6.07, 6.45) is 10.6. The summed E-state index contributed by atoms with van der Waals surface area (Å²) in [7, 11) is 0. The van der Waals surface area contributed by atoms with E-state index in [9.17, 15) is 0 Å². The monoisotopic (exact) mass is 270 g/mol. The number of piperidine rings is 2. The SMILES string of the molecule is C(=C(/c1ccccc1)N1CCCCC1)/N1CCCCC1. The second-order valence-electron chi connectivity index (χ2n) is 6.02. The molecule has 2 fully saturated rings. The van der Waals surface area contributed by atoms with Crippen molar-refractivity contribution in [3.8, 4) is 0 Å². The van der Waals surface area contributed by atoms with Crippen molar-refractivity contribution >= 4 is 5.70 Å². The maximum atomic E-state index is 2.59. The summed E-state index contributed by atoms with van der Waals surface area (Å²) < 4.78 is 0. The second-order valence-corrected chi connectivity index (χ2v) is 6.02. The van der Waals surface area contributed by atoms with Crippen LogP contribution in [0.15, 0.2) is 36.5 Å². The summed E-state index contributed by atoms with van der Waals surface area (Å²) in [6, 6.07) is 10.9. The summed E-state index contributed by atoms with van der Waals surface area (Å²) in [5, 5.41) is 0. The molecule has 2 saturated heterocycles. The third-order valence-corrected chi connectivity index (χ3v) is 4.46. The van der Waals surface area contributed by atoms with E-state index in [0.717, 1.165) is 0 Å². The Kier molecular flexibility index (Phi) is 4.62. The molecule has 0 bridgehead atoms. The predicted octanol–water partition coefficient (Wildman–Crippen LogP) is 3.96. The van der Waals surface area contributed by atoms with Crippen LogP contribution in [0.4, 0.5) is 0 Å². The first-order chi connectivity index (χ1) is 9.93. The van der Waals surface area contributed by atoms with E-state index in [-0.39, 0.29) is 0 Å². The van der Waals surface area contributed by atoms with E-state index in [1.807, 2.05) is 0 Å². The van der Waals surface area contributed by atoms with E-state index >= 15 is 0 Å². The van der Waals surface area contributed by atoms with Gasteiger partial charge < -0.3 is 9.80 Å². The van der Waals surface area contributed by atoms with Gasteiger partial charge in [-0.2, -0.15) is 0 Å². The van der Waals surface area contributed by atoms with Crippen LogP contribution in [0.1, 0.15) is 44.1 Å². The van der Waals surface area contributed by atoms with Gasteiger partial charge in [-0.1, -0.05) is 30.3 Å². The lowest BCUT2D eigenvalue weighted by molar-refractivity contribution is 0.292. The fourth-order valence-electron chi connectivity index (χ4n) is 3.30. The van der Waals surface area contributed by atoms with Crippen LogP contribution in [0.25, 0.3) is 5.70 Å². The highest BCUT2D eigenvalue weighted by Gasteiger charge is 2.17. The highest BCUT2D eigenvalue weighted by Crippen LogP contribution is 2.25. The standard InChI is InChI=1S/C18H26N2/c1-4-10-17(11-5-1)18(20-14-8-3-9-15-20)16-19-12-6-2-7-13-19/h1,4-5,10-11,16H,2-3,6-9,12-15H2/b18-16+. The van der Waals surface area contributed by atoms with Crippen LogP contribution in [0.2, 0.25) is 0 Å². The summed E-state index contributed by atoms with van der Waals surface area (Å²) in [5.41, 5.74) is 2.81. The normalized spacial score (nSPS) is 21.1. The molecule has 0 atom stereocenters. The molecule has 0 spiro atoms. The Balaban J connectivity index is 1.84. The van der Waals surface area contributed by atoms with Crippen molar-refractivity contribution in [1.29, 1.82) is 0 Å². The van der Waals surface area contributed by atoms with E-state index in [2.05, 4.69) is 46.3 Å². The Bertz CT molecular complexity index is 426. The van der Waals surface area contributed by atoms with Crippen LogP contribution in [0.5, 0.6) is 0 Å². The lowest BCUT2D eigenvalue weighted by Gasteiger charge is -2.34. The largest absolute Gasteiger partial charge is 0.376 e. The van der Waals surface area contributed by atoms with Gasteiger partial charge in [0, 0.05) is 32.4 Å². The third-order valence-electron chi connectivity index (χ3n) is 4.46. The lowest BCUT2D eigenvalue weighted by Crippen LogP contribution is -2.31. The minimum absolute atomic E-state index is 1.22. The molecule has 20 heavy (non-hydrogen) atoms. The molecular weight excluding hydrogens is 244 g/mol. The maximum Gasteiger partial charge on any atom is 0.0601 e. The molecule has 3 rings (SSSR count). The number of hydrogen-bond acceptors (Lipinski definition) is 2. The Labute approximate surface area is 123 Å². The predicted molar refractivity (Wildman–Crippen MR) is 85.3 cm³/mol. The van der Waals surface area contributed by atoms with Gasteiger partial charge >= 0.3 is 0 Å². The van der Waals surface area contributed by atoms with Gasteiger partial charge in [0.15, 0.2) is 0 Å². The van der Waals surface area contributed by atoms with Crippen LogP contribution < -0.4 is 0 Å². The average molecular weight is 270 g/mol. The van der Waals surface area contributed by atoms with Gasteiger partial charge in [-0.3, -0.25) is 0 Å². The Hall–Kier alpha value is -1.44. The Morgan fingerprint density at radius 3 is 2.00 bits per heavy atom. The fourth-order valence-corrected chi connectivity index (χ4v) is 3.30. The zero-order chi connectivity index (χ0) is 13.6. The molecule has 2 heterocycles. The maximum absolute atomic E-state index is 2.59. The van der Waals surface area contributed by atoms with Gasteiger partial charge in [-0.25, -0.2) is 0 Å². The van der Waals surface area contributed by atoms with Gasteiger partial charge in [0.2, 0.25) is 0 Å². The van der Waals surface area contributed by atoms with E-state index < -0.39 is 0 Å². The van der Waals surface area contributed by atoms with Crippen molar-refractivity contribution in [3.05, 3.63) is 42.1 Å². The van der Waals surface area contributed by atoms with Crippen molar-refractivity contribution in [2.45, 2.75) is 38.5 Å². The first-order valence-corrected chi connectivity index (χ1v) is 8.20. The summed E-state index contributed by atoms with van der Waals surface area (Å²) in [6.45, 7) is 4.89.